The highest BCUT2D eigenvalue weighted by atomic mass is 16.1. The van der Waals surface area contributed by atoms with Crippen molar-refractivity contribution in [3.63, 3.8) is 0 Å². The third kappa shape index (κ3) is 2.19. The van der Waals surface area contributed by atoms with Crippen LogP contribution in [0.5, 0.6) is 0 Å². The second kappa shape index (κ2) is 4.67. The van der Waals surface area contributed by atoms with E-state index in [0.717, 1.165) is 38.5 Å². The first-order chi connectivity index (χ1) is 8.43. The van der Waals surface area contributed by atoms with Gasteiger partial charge in [0.1, 0.15) is 5.78 Å². The van der Waals surface area contributed by atoms with E-state index in [0.29, 0.717) is 12.2 Å². The van der Waals surface area contributed by atoms with Crippen molar-refractivity contribution in [2.75, 3.05) is 0 Å². The molecule has 0 saturated heterocycles. The van der Waals surface area contributed by atoms with Crippen molar-refractivity contribution in [2.45, 2.75) is 71.3 Å². The summed E-state index contributed by atoms with van der Waals surface area (Å²) in [7, 11) is 0. The number of carbonyl (C=O) groups is 2. The SMILES string of the molecule is CCC(=O)NC12CCC(C(=O)C(C)C)(CC1)CC2. The minimum absolute atomic E-state index is 0.00605. The standard InChI is InChI=1S/C15H25NO2/c1-4-12(17)16-15-8-5-14(6-9-15,7-10-15)13(18)11(2)3/h11H,4-10H2,1-3H3,(H,16,17). The lowest BCUT2D eigenvalue weighted by Gasteiger charge is -2.53. The Kier molecular flexibility index (Phi) is 3.52. The molecule has 2 bridgehead atoms. The average molecular weight is 251 g/mol. The lowest BCUT2D eigenvalue weighted by atomic mass is 9.54. The lowest BCUT2D eigenvalue weighted by Crippen LogP contribution is -2.58. The number of rotatable bonds is 4. The van der Waals surface area contributed by atoms with Gasteiger partial charge >= 0.3 is 0 Å². The molecule has 0 atom stereocenters. The van der Waals surface area contributed by atoms with Gasteiger partial charge in [0.05, 0.1) is 0 Å². The molecule has 18 heavy (non-hydrogen) atoms. The van der Waals surface area contributed by atoms with E-state index < -0.39 is 0 Å². The summed E-state index contributed by atoms with van der Waals surface area (Å²) in [5.41, 5.74) is -0.0566. The number of nitrogens with one attached hydrogen (secondary N) is 1. The molecular formula is C15H25NO2. The summed E-state index contributed by atoms with van der Waals surface area (Å²) in [6.07, 6.45) is 6.40. The molecular weight excluding hydrogens is 226 g/mol. The van der Waals surface area contributed by atoms with Crippen LogP contribution in [0, 0.1) is 11.3 Å². The molecule has 0 radical (unpaired) electrons. The van der Waals surface area contributed by atoms with Crippen LogP contribution in [0.2, 0.25) is 0 Å². The fourth-order valence-electron chi connectivity index (χ4n) is 3.74. The summed E-state index contributed by atoms with van der Waals surface area (Å²) >= 11 is 0. The Hall–Kier alpha value is -0.860. The van der Waals surface area contributed by atoms with Gasteiger partial charge in [-0.05, 0) is 38.5 Å². The molecule has 1 N–H and O–H groups in total. The number of ketones is 1. The van der Waals surface area contributed by atoms with Gasteiger partial charge in [0.25, 0.3) is 0 Å². The number of hydrogen-bond acceptors (Lipinski definition) is 2. The van der Waals surface area contributed by atoms with Crippen LogP contribution in [0.3, 0.4) is 0 Å². The van der Waals surface area contributed by atoms with Crippen LogP contribution in [0.25, 0.3) is 0 Å². The number of amides is 1. The third-order valence-corrected chi connectivity index (χ3v) is 5.02. The van der Waals surface area contributed by atoms with Crippen LogP contribution in [0.4, 0.5) is 0 Å². The Labute approximate surface area is 110 Å². The molecule has 0 aliphatic heterocycles. The first kappa shape index (κ1) is 13.6. The van der Waals surface area contributed by atoms with Crippen LogP contribution in [0.1, 0.15) is 65.7 Å². The van der Waals surface area contributed by atoms with Crippen LogP contribution in [0.15, 0.2) is 0 Å². The first-order valence-electron chi connectivity index (χ1n) is 7.28. The Morgan fingerprint density at radius 2 is 1.56 bits per heavy atom. The molecule has 3 aliphatic carbocycles. The van der Waals surface area contributed by atoms with E-state index in [4.69, 9.17) is 0 Å². The summed E-state index contributed by atoms with van der Waals surface area (Å²) in [6, 6.07) is 0. The zero-order valence-electron chi connectivity index (χ0n) is 11.8. The number of Topliss-reactive ketones (excluding diaryl/α,β-unsaturated/α-hetero) is 1. The maximum atomic E-state index is 12.4. The monoisotopic (exact) mass is 251 g/mol. The molecule has 0 unspecified atom stereocenters. The predicted molar refractivity (Wildman–Crippen MR) is 71.1 cm³/mol. The van der Waals surface area contributed by atoms with Gasteiger partial charge in [-0.15, -0.1) is 0 Å². The molecule has 3 nitrogen and oxygen atoms in total. The zero-order chi connectivity index (χ0) is 13.4. The quantitative estimate of drug-likeness (QED) is 0.835. The Bertz CT molecular complexity index is 335. The van der Waals surface area contributed by atoms with Gasteiger partial charge in [-0.3, -0.25) is 9.59 Å². The van der Waals surface area contributed by atoms with E-state index in [2.05, 4.69) is 5.32 Å². The highest BCUT2D eigenvalue weighted by Gasteiger charge is 2.52. The van der Waals surface area contributed by atoms with Crippen LogP contribution >= 0.6 is 0 Å². The molecule has 1 amide bonds. The summed E-state index contributed by atoms with van der Waals surface area (Å²) in [5, 5.41) is 3.20. The number of fused-ring (bicyclic) bond motifs is 3. The average Bonchev–Trinajstić information content (AvgIpc) is 2.39. The van der Waals surface area contributed by atoms with Crippen molar-refractivity contribution >= 4 is 11.7 Å². The molecule has 3 heteroatoms. The van der Waals surface area contributed by atoms with Gasteiger partial charge in [-0.25, -0.2) is 0 Å². The minimum atomic E-state index is -0.0626. The van der Waals surface area contributed by atoms with E-state index in [9.17, 15) is 9.59 Å². The van der Waals surface area contributed by atoms with E-state index in [1.54, 1.807) is 0 Å². The first-order valence-corrected chi connectivity index (χ1v) is 7.28. The van der Waals surface area contributed by atoms with E-state index in [1.165, 1.54) is 0 Å². The van der Waals surface area contributed by atoms with Gasteiger partial charge in [-0.2, -0.15) is 0 Å². The lowest BCUT2D eigenvalue weighted by molar-refractivity contribution is -0.140. The maximum Gasteiger partial charge on any atom is 0.220 e. The van der Waals surface area contributed by atoms with Crippen LogP contribution < -0.4 is 5.32 Å². The van der Waals surface area contributed by atoms with Gasteiger partial charge in [0.15, 0.2) is 0 Å². The van der Waals surface area contributed by atoms with Crippen molar-refractivity contribution in [3.05, 3.63) is 0 Å². The predicted octanol–water partition coefficient (Wildman–Crippen LogP) is 2.83. The minimum Gasteiger partial charge on any atom is -0.351 e. The van der Waals surface area contributed by atoms with Crippen molar-refractivity contribution in [1.82, 2.24) is 5.32 Å². The summed E-state index contributed by atoms with van der Waals surface area (Å²) in [5.74, 6) is 0.734. The maximum absolute atomic E-state index is 12.4. The second-order valence-electron chi connectivity index (χ2n) is 6.48. The molecule has 0 aromatic heterocycles. The molecule has 0 aromatic rings. The van der Waals surface area contributed by atoms with Crippen molar-refractivity contribution in [3.8, 4) is 0 Å². The third-order valence-electron chi connectivity index (χ3n) is 5.02. The highest BCUT2D eigenvalue weighted by molar-refractivity contribution is 5.87. The van der Waals surface area contributed by atoms with Crippen LogP contribution in [-0.4, -0.2) is 17.2 Å². The largest absolute Gasteiger partial charge is 0.351 e. The number of hydrogen-bond donors (Lipinski definition) is 1. The molecule has 0 heterocycles. The van der Waals surface area contributed by atoms with E-state index in [1.807, 2.05) is 20.8 Å². The smallest absolute Gasteiger partial charge is 0.220 e. The molecule has 0 spiro atoms. The summed E-state index contributed by atoms with van der Waals surface area (Å²) < 4.78 is 0. The Morgan fingerprint density at radius 1 is 1.06 bits per heavy atom. The molecule has 3 saturated carbocycles. The van der Waals surface area contributed by atoms with Gasteiger partial charge in [0.2, 0.25) is 5.91 Å². The van der Waals surface area contributed by atoms with Gasteiger partial charge < -0.3 is 5.32 Å². The normalized spacial score (nSPS) is 34.7. The fraction of sp³-hybridized carbons (Fsp3) is 0.867. The van der Waals surface area contributed by atoms with E-state index in [-0.39, 0.29) is 22.8 Å². The topological polar surface area (TPSA) is 46.2 Å². The van der Waals surface area contributed by atoms with Crippen molar-refractivity contribution in [2.24, 2.45) is 11.3 Å². The highest BCUT2D eigenvalue weighted by Crippen LogP contribution is 2.53. The molecule has 3 fully saturated rings. The van der Waals surface area contributed by atoms with E-state index >= 15 is 0 Å². The Balaban J connectivity index is 2.06. The molecule has 3 aliphatic rings. The van der Waals surface area contributed by atoms with Crippen molar-refractivity contribution in [1.29, 1.82) is 0 Å². The summed E-state index contributed by atoms with van der Waals surface area (Å²) in [6.45, 7) is 5.91. The van der Waals surface area contributed by atoms with Crippen molar-refractivity contribution < 1.29 is 9.59 Å². The van der Waals surface area contributed by atoms with Gasteiger partial charge in [-0.1, -0.05) is 20.8 Å². The number of carbonyl (C=O) groups excluding carboxylic acids is 2. The molecule has 0 aromatic carbocycles. The van der Waals surface area contributed by atoms with Gasteiger partial charge in [0, 0.05) is 23.3 Å². The van der Waals surface area contributed by atoms with Crippen LogP contribution in [-0.2, 0) is 9.59 Å². The summed E-state index contributed by atoms with van der Waals surface area (Å²) in [4.78, 5) is 24.0. The zero-order valence-corrected chi connectivity index (χ0v) is 11.8. The Morgan fingerprint density at radius 3 is 1.94 bits per heavy atom. The molecule has 102 valence electrons. The molecule has 3 rings (SSSR count). The second-order valence-corrected chi connectivity index (χ2v) is 6.48. The fourth-order valence-corrected chi connectivity index (χ4v) is 3.74.